The minimum absolute atomic E-state index is 0.0142. The first-order valence-electron chi connectivity index (χ1n) is 8.68. The van der Waals surface area contributed by atoms with E-state index in [-0.39, 0.29) is 6.04 Å². The van der Waals surface area contributed by atoms with Crippen molar-refractivity contribution < 1.29 is 13.2 Å². The van der Waals surface area contributed by atoms with E-state index in [1.165, 1.54) is 4.88 Å². The molecule has 1 aromatic heterocycles. The highest BCUT2D eigenvalue weighted by molar-refractivity contribution is 7.89. The molecule has 0 spiro atoms. The molecule has 0 atom stereocenters. The van der Waals surface area contributed by atoms with Gasteiger partial charge in [-0.2, -0.15) is 4.31 Å². The minimum atomic E-state index is -3.51. The van der Waals surface area contributed by atoms with Gasteiger partial charge in [0.15, 0.2) is 0 Å². The van der Waals surface area contributed by atoms with Gasteiger partial charge in [0.1, 0.15) is 0 Å². The fourth-order valence-corrected chi connectivity index (χ4v) is 5.63. The number of sulfonamides is 1. The lowest BCUT2D eigenvalue weighted by Gasteiger charge is -2.33. The molecular formula is C19H25NO3S2. The zero-order valence-corrected chi connectivity index (χ0v) is 16.4. The van der Waals surface area contributed by atoms with Gasteiger partial charge in [0.2, 0.25) is 10.0 Å². The third-order valence-corrected chi connectivity index (χ3v) is 7.73. The normalized spacial score (nSPS) is 16.4. The standard InChI is InChI=1S/C19H25NO3S2/c1-15-5-6-19(14-16(15)2)25(21,22)20(17-8-11-23-12-9-17)10-7-18-4-3-13-24-18/h3-6,13-14,17H,7-12H2,1-2H3. The van der Waals surface area contributed by atoms with Crippen LogP contribution in [0.1, 0.15) is 28.8 Å². The highest BCUT2D eigenvalue weighted by Gasteiger charge is 2.32. The van der Waals surface area contributed by atoms with E-state index in [4.69, 9.17) is 4.74 Å². The molecule has 136 valence electrons. The molecule has 0 saturated carbocycles. The summed E-state index contributed by atoms with van der Waals surface area (Å²) in [6.07, 6.45) is 2.27. The molecule has 2 heterocycles. The lowest BCUT2D eigenvalue weighted by Crippen LogP contribution is -2.44. The number of thiophene rings is 1. The molecule has 0 bridgehead atoms. The van der Waals surface area contributed by atoms with Crippen LogP contribution in [0, 0.1) is 13.8 Å². The van der Waals surface area contributed by atoms with Gasteiger partial charge in [-0.05, 0) is 67.8 Å². The van der Waals surface area contributed by atoms with Crippen molar-refractivity contribution in [1.82, 2.24) is 4.31 Å². The minimum Gasteiger partial charge on any atom is -0.381 e. The maximum absolute atomic E-state index is 13.3. The van der Waals surface area contributed by atoms with Crippen LogP contribution >= 0.6 is 11.3 Å². The van der Waals surface area contributed by atoms with Crippen molar-refractivity contribution in [3.05, 3.63) is 51.7 Å². The molecule has 2 aromatic rings. The van der Waals surface area contributed by atoms with Gasteiger partial charge in [0.25, 0.3) is 0 Å². The van der Waals surface area contributed by atoms with Crippen molar-refractivity contribution in [2.24, 2.45) is 0 Å². The third kappa shape index (κ3) is 4.31. The van der Waals surface area contributed by atoms with Crippen LogP contribution < -0.4 is 0 Å². The van der Waals surface area contributed by atoms with Crippen LogP contribution in [0.4, 0.5) is 0 Å². The summed E-state index contributed by atoms with van der Waals surface area (Å²) >= 11 is 1.68. The van der Waals surface area contributed by atoms with Crippen molar-refractivity contribution in [1.29, 1.82) is 0 Å². The van der Waals surface area contributed by atoms with Crippen LogP contribution in [0.2, 0.25) is 0 Å². The quantitative estimate of drug-likeness (QED) is 0.767. The zero-order valence-electron chi connectivity index (χ0n) is 14.8. The fraction of sp³-hybridized carbons (Fsp3) is 0.474. The van der Waals surface area contributed by atoms with Gasteiger partial charge in [0, 0.05) is 30.7 Å². The van der Waals surface area contributed by atoms with Gasteiger partial charge in [0.05, 0.1) is 4.90 Å². The number of hydrogen-bond acceptors (Lipinski definition) is 4. The highest BCUT2D eigenvalue weighted by atomic mass is 32.2. The number of benzene rings is 1. The van der Waals surface area contributed by atoms with E-state index in [1.807, 2.05) is 31.4 Å². The number of hydrogen-bond donors (Lipinski definition) is 0. The molecule has 0 radical (unpaired) electrons. The van der Waals surface area contributed by atoms with Gasteiger partial charge in [-0.25, -0.2) is 8.42 Å². The van der Waals surface area contributed by atoms with Crippen LogP contribution in [0.25, 0.3) is 0 Å². The topological polar surface area (TPSA) is 46.6 Å². The molecule has 3 rings (SSSR count). The Hall–Kier alpha value is -1.21. The van der Waals surface area contributed by atoms with Crippen LogP contribution in [0.15, 0.2) is 40.6 Å². The van der Waals surface area contributed by atoms with Gasteiger partial charge < -0.3 is 4.74 Å². The number of ether oxygens (including phenoxy) is 1. The molecule has 0 amide bonds. The molecule has 0 unspecified atom stereocenters. The van der Waals surface area contributed by atoms with E-state index in [1.54, 1.807) is 27.8 Å². The second-order valence-electron chi connectivity index (χ2n) is 6.53. The average molecular weight is 380 g/mol. The molecule has 1 aliphatic rings. The van der Waals surface area contributed by atoms with Crippen LogP contribution in [-0.4, -0.2) is 38.5 Å². The molecule has 1 aliphatic heterocycles. The Kier molecular flexibility index (Phi) is 5.94. The Morgan fingerprint density at radius 2 is 1.92 bits per heavy atom. The number of rotatable bonds is 6. The molecule has 0 aliphatic carbocycles. The van der Waals surface area contributed by atoms with Crippen LogP contribution in [-0.2, 0) is 21.2 Å². The largest absolute Gasteiger partial charge is 0.381 e. The molecule has 1 saturated heterocycles. The van der Waals surface area contributed by atoms with Crippen molar-refractivity contribution in [3.8, 4) is 0 Å². The molecule has 25 heavy (non-hydrogen) atoms. The van der Waals surface area contributed by atoms with E-state index in [0.29, 0.717) is 24.7 Å². The molecule has 6 heteroatoms. The van der Waals surface area contributed by atoms with Gasteiger partial charge in [-0.15, -0.1) is 11.3 Å². The molecule has 0 N–H and O–H groups in total. The second kappa shape index (κ2) is 7.99. The van der Waals surface area contributed by atoms with Gasteiger partial charge in [-0.3, -0.25) is 0 Å². The maximum atomic E-state index is 13.3. The summed E-state index contributed by atoms with van der Waals surface area (Å²) in [5.74, 6) is 0. The first-order chi connectivity index (χ1) is 12.0. The summed E-state index contributed by atoms with van der Waals surface area (Å²) in [6.45, 7) is 5.73. The van der Waals surface area contributed by atoms with Crippen LogP contribution in [0.5, 0.6) is 0 Å². The summed E-state index contributed by atoms with van der Waals surface area (Å²) in [4.78, 5) is 1.61. The van der Waals surface area contributed by atoms with E-state index < -0.39 is 10.0 Å². The van der Waals surface area contributed by atoms with Crippen LogP contribution in [0.3, 0.4) is 0 Å². The Bertz CT molecular complexity index is 794. The lowest BCUT2D eigenvalue weighted by atomic mass is 10.1. The first-order valence-corrected chi connectivity index (χ1v) is 11.0. The summed E-state index contributed by atoms with van der Waals surface area (Å²) in [5.41, 5.74) is 2.11. The monoisotopic (exact) mass is 379 g/mol. The Balaban J connectivity index is 1.88. The molecule has 4 nitrogen and oxygen atoms in total. The first kappa shape index (κ1) is 18.6. The predicted octanol–water partition coefficient (Wildman–Crippen LogP) is 3.78. The van der Waals surface area contributed by atoms with E-state index >= 15 is 0 Å². The SMILES string of the molecule is Cc1ccc(S(=O)(=O)N(CCc2cccs2)C2CCOCC2)cc1C. The third-order valence-electron chi connectivity index (χ3n) is 4.84. The van der Waals surface area contributed by atoms with Crippen molar-refractivity contribution in [3.63, 3.8) is 0 Å². The summed E-state index contributed by atoms with van der Waals surface area (Å²) in [5, 5.41) is 2.03. The van der Waals surface area contributed by atoms with E-state index in [2.05, 4.69) is 6.07 Å². The molecule has 1 aromatic carbocycles. The van der Waals surface area contributed by atoms with Gasteiger partial charge in [-0.1, -0.05) is 12.1 Å². The summed E-state index contributed by atoms with van der Waals surface area (Å²) in [6, 6.07) is 9.51. The van der Waals surface area contributed by atoms with Crippen molar-refractivity contribution >= 4 is 21.4 Å². The average Bonchev–Trinajstić information content (AvgIpc) is 3.11. The van der Waals surface area contributed by atoms with Crippen molar-refractivity contribution in [2.45, 2.75) is 44.0 Å². The zero-order chi connectivity index (χ0) is 17.9. The highest BCUT2D eigenvalue weighted by Crippen LogP contribution is 2.26. The Morgan fingerprint density at radius 1 is 1.16 bits per heavy atom. The molecular weight excluding hydrogens is 354 g/mol. The van der Waals surface area contributed by atoms with E-state index in [0.717, 1.165) is 30.4 Å². The predicted molar refractivity (Wildman–Crippen MR) is 102 cm³/mol. The smallest absolute Gasteiger partial charge is 0.243 e. The summed E-state index contributed by atoms with van der Waals surface area (Å²) < 4.78 is 33.8. The Labute approximate surface area is 154 Å². The number of aryl methyl sites for hydroxylation is 2. The number of nitrogens with zero attached hydrogens (tertiary/aromatic N) is 1. The van der Waals surface area contributed by atoms with Crippen molar-refractivity contribution in [2.75, 3.05) is 19.8 Å². The second-order valence-corrected chi connectivity index (χ2v) is 9.46. The molecule has 1 fully saturated rings. The maximum Gasteiger partial charge on any atom is 0.243 e. The lowest BCUT2D eigenvalue weighted by molar-refractivity contribution is 0.0587. The van der Waals surface area contributed by atoms with E-state index in [9.17, 15) is 8.42 Å². The fourth-order valence-electron chi connectivity index (χ4n) is 3.16. The summed E-state index contributed by atoms with van der Waals surface area (Å²) in [7, 11) is -3.51. The Morgan fingerprint density at radius 3 is 2.56 bits per heavy atom. The van der Waals surface area contributed by atoms with Gasteiger partial charge >= 0.3 is 0 Å².